The van der Waals surface area contributed by atoms with E-state index in [-0.39, 0.29) is 17.5 Å². The van der Waals surface area contributed by atoms with Gasteiger partial charge >= 0.3 is 0 Å². The zero-order chi connectivity index (χ0) is 26.9. The number of aromatic nitrogens is 3. The summed E-state index contributed by atoms with van der Waals surface area (Å²) in [6.07, 6.45) is 1.51. The monoisotopic (exact) mass is 547 g/mol. The molecule has 2 aliphatic heterocycles. The highest BCUT2D eigenvalue weighted by atomic mass is 35.5. The fourth-order valence-electron chi connectivity index (χ4n) is 5.58. The van der Waals surface area contributed by atoms with E-state index in [0.29, 0.717) is 55.4 Å². The summed E-state index contributed by atoms with van der Waals surface area (Å²) in [5.41, 5.74) is 2.62. The number of aryl methyl sites for hydroxylation is 1. The van der Waals surface area contributed by atoms with E-state index in [1.54, 1.807) is 43.0 Å². The third kappa shape index (κ3) is 3.17. The molecule has 1 spiro atoms. The van der Waals surface area contributed by atoms with Crippen molar-refractivity contribution < 1.29 is 14.3 Å². The van der Waals surface area contributed by atoms with Crippen LogP contribution in [0.4, 0.5) is 11.4 Å². The van der Waals surface area contributed by atoms with E-state index < -0.39 is 11.4 Å². The van der Waals surface area contributed by atoms with Gasteiger partial charge in [-0.15, -0.1) is 0 Å². The minimum Gasteiger partial charge on any atom is -0.494 e. The standard InChI is InChI=1S/C28H23Cl2N5O3/c1-14(2)25-23-24(33-35(25)20-7-5-6-8-22(20)38-4)26(36)34(21-12-17(30)13-31-15(21)3)28(23)18-10-9-16(29)11-19(18)32-27(28)37/h5-14H,1-4H3,(H,32,37)/t28-/m0/s1. The van der Waals surface area contributed by atoms with Crippen molar-refractivity contribution in [3.8, 4) is 11.4 Å². The quantitative estimate of drug-likeness (QED) is 0.345. The van der Waals surface area contributed by atoms with Crippen molar-refractivity contribution in [2.45, 2.75) is 32.2 Å². The second kappa shape index (κ2) is 8.58. The van der Waals surface area contributed by atoms with Crippen molar-refractivity contribution in [2.24, 2.45) is 0 Å². The van der Waals surface area contributed by atoms with Crippen LogP contribution in [0.3, 0.4) is 0 Å². The first kappa shape index (κ1) is 24.5. The molecule has 1 N–H and O–H groups in total. The Morgan fingerprint density at radius 2 is 1.79 bits per heavy atom. The van der Waals surface area contributed by atoms with Crippen LogP contribution in [0.1, 0.15) is 52.8 Å². The highest BCUT2D eigenvalue weighted by Gasteiger charge is 2.64. The van der Waals surface area contributed by atoms with Gasteiger partial charge in [0.1, 0.15) is 11.4 Å². The molecule has 2 aromatic carbocycles. The molecule has 4 aromatic rings. The first-order valence-corrected chi connectivity index (χ1v) is 12.8. The maximum Gasteiger partial charge on any atom is 0.280 e. The van der Waals surface area contributed by atoms with Gasteiger partial charge in [0.25, 0.3) is 11.8 Å². The molecular formula is C28H23Cl2N5O3. The Hall–Kier alpha value is -3.88. The highest BCUT2D eigenvalue weighted by molar-refractivity contribution is 6.32. The average molecular weight is 548 g/mol. The summed E-state index contributed by atoms with van der Waals surface area (Å²) in [6.45, 7) is 5.79. The minimum atomic E-state index is -1.55. The summed E-state index contributed by atoms with van der Waals surface area (Å²) in [6, 6.07) is 14.3. The first-order valence-electron chi connectivity index (χ1n) is 12.0. The van der Waals surface area contributed by atoms with E-state index in [1.165, 1.54) is 11.1 Å². The number of nitrogens with zero attached hydrogens (tertiary/aromatic N) is 4. The number of ether oxygens (including phenoxy) is 1. The van der Waals surface area contributed by atoms with E-state index >= 15 is 0 Å². The number of carbonyl (C=O) groups excluding carboxylic acids is 2. The SMILES string of the molecule is COc1ccccc1-n1nc2c(c1C(C)C)[C@@]1(C(=O)Nc3cc(Cl)ccc31)N(c1cc(Cl)cnc1C)C2=O. The molecule has 38 heavy (non-hydrogen) atoms. The van der Waals surface area contributed by atoms with Gasteiger partial charge in [-0.25, -0.2) is 4.68 Å². The fourth-order valence-corrected chi connectivity index (χ4v) is 5.91. The van der Waals surface area contributed by atoms with E-state index in [9.17, 15) is 9.59 Å². The Morgan fingerprint density at radius 3 is 2.53 bits per heavy atom. The lowest BCUT2D eigenvalue weighted by Crippen LogP contribution is -2.51. The van der Waals surface area contributed by atoms with E-state index in [1.807, 2.05) is 38.1 Å². The number of fused-ring (bicyclic) bond motifs is 4. The molecule has 0 fully saturated rings. The number of hydrogen-bond acceptors (Lipinski definition) is 5. The van der Waals surface area contributed by atoms with Gasteiger partial charge in [0, 0.05) is 28.0 Å². The summed E-state index contributed by atoms with van der Waals surface area (Å²) in [7, 11) is 1.58. The summed E-state index contributed by atoms with van der Waals surface area (Å²) in [4.78, 5) is 34.5. The van der Waals surface area contributed by atoms with Gasteiger partial charge in [-0.3, -0.25) is 19.5 Å². The predicted octanol–water partition coefficient (Wildman–Crippen LogP) is 5.87. The number of rotatable bonds is 4. The lowest BCUT2D eigenvalue weighted by Gasteiger charge is -2.36. The second-order valence-electron chi connectivity index (χ2n) is 9.60. The molecule has 2 aliphatic rings. The van der Waals surface area contributed by atoms with Crippen LogP contribution in [-0.4, -0.2) is 33.7 Å². The molecule has 0 saturated heterocycles. The van der Waals surface area contributed by atoms with Crippen LogP contribution in [-0.2, 0) is 10.3 Å². The zero-order valence-electron chi connectivity index (χ0n) is 21.0. The number of methoxy groups -OCH3 is 1. The van der Waals surface area contributed by atoms with Crippen LogP contribution in [0.2, 0.25) is 10.0 Å². The van der Waals surface area contributed by atoms with Crippen molar-refractivity contribution in [2.75, 3.05) is 17.3 Å². The van der Waals surface area contributed by atoms with Crippen LogP contribution >= 0.6 is 23.2 Å². The molecule has 1 atom stereocenters. The van der Waals surface area contributed by atoms with Crippen LogP contribution in [0.25, 0.3) is 5.69 Å². The maximum atomic E-state index is 14.4. The normalized spacial score (nSPS) is 17.8. The van der Waals surface area contributed by atoms with Gasteiger partial charge in [-0.1, -0.05) is 55.2 Å². The molecule has 2 aromatic heterocycles. The van der Waals surface area contributed by atoms with Crippen molar-refractivity contribution >= 4 is 46.4 Å². The summed E-state index contributed by atoms with van der Waals surface area (Å²) >= 11 is 12.7. The number of carbonyl (C=O) groups is 2. The molecule has 192 valence electrons. The van der Waals surface area contributed by atoms with Crippen molar-refractivity contribution in [3.63, 3.8) is 0 Å². The third-order valence-corrected chi connectivity index (χ3v) is 7.54. The number of hydrogen-bond donors (Lipinski definition) is 1. The Balaban J connectivity index is 1.75. The number of para-hydroxylation sites is 2. The topological polar surface area (TPSA) is 89.3 Å². The van der Waals surface area contributed by atoms with Gasteiger partial charge in [0.15, 0.2) is 11.2 Å². The van der Waals surface area contributed by atoms with E-state index in [4.69, 9.17) is 33.0 Å². The molecule has 6 rings (SSSR count). The van der Waals surface area contributed by atoms with E-state index in [0.717, 1.165) is 0 Å². The summed E-state index contributed by atoms with van der Waals surface area (Å²) < 4.78 is 7.33. The van der Waals surface area contributed by atoms with Gasteiger partial charge in [-0.2, -0.15) is 5.10 Å². The van der Waals surface area contributed by atoms with E-state index in [2.05, 4.69) is 10.3 Å². The zero-order valence-corrected chi connectivity index (χ0v) is 22.6. The molecule has 4 heterocycles. The van der Waals surface area contributed by atoms with Gasteiger partial charge in [-0.05, 0) is 43.2 Å². The van der Waals surface area contributed by atoms with Gasteiger partial charge in [0.2, 0.25) is 0 Å². The predicted molar refractivity (Wildman–Crippen MR) is 146 cm³/mol. The Morgan fingerprint density at radius 1 is 1.03 bits per heavy atom. The summed E-state index contributed by atoms with van der Waals surface area (Å²) in [5, 5.41) is 8.61. The first-order chi connectivity index (χ1) is 18.2. The Bertz CT molecular complexity index is 1660. The molecule has 2 amide bonds. The molecule has 8 nitrogen and oxygen atoms in total. The molecule has 0 saturated carbocycles. The smallest absolute Gasteiger partial charge is 0.280 e. The van der Waals surface area contributed by atoms with Crippen LogP contribution in [0, 0.1) is 6.92 Å². The van der Waals surface area contributed by atoms with Gasteiger partial charge in [0.05, 0.1) is 29.2 Å². The molecule has 10 heteroatoms. The number of nitrogens with one attached hydrogen (secondary N) is 1. The minimum absolute atomic E-state index is 0.122. The van der Waals surface area contributed by atoms with Crippen LogP contribution in [0.5, 0.6) is 5.75 Å². The average Bonchev–Trinajstić information content (AvgIpc) is 3.49. The van der Waals surface area contributed by atoms with Crippen molar-refractivity contribution in [1.29, 1.82) is 0 Å². The fraction of sp³-hybridized carbons (Fsp3) is 0.214. The van der Waals surface area contributed by atoms with Crippen molar-refractivity contribution in [3.05, 3.63) is 93.0 Å². The number of amides is 2. The molecule has 0 bridgehead atoms. The molecule has 0 aliphatic carbocycles. The number of halogens is 2. The van der Waals surface area contributed by atoms with Crippen LogP contribution < -0.4 is 15.0 Å². The molecular weight excluding hydrogens is 525 g/mol. The molecule has 0 radical (unpaired) electrons. The Labute approximate surface area is 229 Å². The summed E-state index contributed by atoms with van der Waals surface area (Å²) in [5.74, 6) is -0.348. The third-order valence-electron chi connectivity index (χ3n) is 7.10. The number of anilines is 2. The maximum absolute atomic E-state index is 14.4. The largest absolute Gasteiger partial charge is 0.494 e. The van der Waals surface area contributed by atoms with Crippen LogP contribution in [0.15, 0.2) is 54.7 Å². The van der Waals surface area contributed by atoms with Crippen molar-refractivity contribution in [1.82, 2.24) is 14.8 Å². The second-order valence-corrected chi connectivity index (χ2v) is 10.5. The van der Waals surface area contributed by atoms with Gasteiger partial charge < -0.3 is 10.1 Å². The Kier molecular flexibility index (Phi) is 5.52. The molecule has 0 unspecified atom stereocenters. The number of benzene rings is 2. The lowest BCUT2D eigenvalue weighted by atomic mass is 9.81. The highest BCUT2D eigenvalue weighted by Crippen LogP contribution is 2.55. The lowest BCUT2D eigenvalue weighted by molar-refractivity contribution is -0.119. The number of pyridine rings is 1.